The molecule has 0 bridgehead atoms. The fourth-order valence-corrected chi connectivity index (χ4v) is 4.38. The average Bonchev–Trinajstić information content (AvgIpc) is 3.34. The normalized spacial score (nSPS) is 14.4. The van der Waals surface area contributed by atoms with Crippen LogP contribution in [-0.4, -0.2) is 17.1 Å². The number of aryl methyl sites for hydroxylation is 2. The molecule has 0 unspecified atom stereocenters. The molecular formula is C28H23F3N2O2. The SMILES string of the molecule is Cc1ccccc1OCCCn1cc(/C=C2/C(=O)Nc3cc(C(F)(F)F)ccc32)c2ccccc21. The van der Waals surface area contributed by atoms with Gasteiger partial charge in [-0.2, -0.15) is 13.2 Å². The summed E-state index contributed by atoms with van der Waals surface area (Å²) in [5.41, 5.74) is 3.13. The minimum Gasteiger partial charge on any atom is -0.493 e. The Morgan fingerprint density at radius 2 is 1.80 bits per heavy atom. The number of alkyl halides is 3. The van der Waals surface area contributed by atoms with Crippen LogP contribution in [0.15, 0.2) is 72.9 Å². The molecule has 0 saturated carbocycles. The second kappa shape index (κ2) is 8.98. The highest BCUT2D eigenvalue weighted by Crippen LogP contribution is 2.39. The Balaban J connectivity index is 1.40. The molecule has 1 N–H and O–H groups in total. The van der Waals surface area contributed by atoms with Crippen molar-refractivity contribution in [2.45, 2.75) is 26.1 Å². The highest BCUT2D eigenvalue weighted by atomic mass is 19.4. The van der Waals surface area contributed by atoms with Gasteiger partial charge in [-0.1, -0.05) is 42.5 Å². The molecule has 7 heteroatoms. The number of carbonyl (C=O) groups excluding carboxylic acids is 1. The van der Waals surface area contributed by atoms with Crippen molar-refractivity contribution in [3.63, 3.8) is 0 Å². The van der Waals surface area contributed by atoms with Gasteiger partial charge in [-0.3, -0.25) is 4.79 Å². The van der Waals surface area contributed by atoms with Crippen molar-refractivity contribution in [3.8, 4) is 5.75 Å². The van der Waals surface area contributed by atoms with Crippen molar-refractivity contribution in [2.75, 3.05) is 11.9 Å². The zero-order valence-electron chi connectivity index (χ0n) is 19.0. The smallest absolute Gasteiger partial charge is 0.416 e. The number of nitrogens with one attached hydrogen (secondary N) is 1. The third kappa shape index (κ3) is 4.54. The van der Waals surface area contributed by atoms with Crippen LogP contribution in [0.1, 0.15) is 28.7 Å². The van der Waals surface area contributed by atoms with Crippen molar-refractivity contribution in [1.29, 1.82) is 0 Å². The molecule has 0 aliphatic carbocycles. The van der Waals surface area contributed by atoms with Gasteiger partial charge in [-0.05, 0) is 49.2 Å². The van der Waals surface area contributed by atoms with E-state index in [0.717, 1.165) is 46.3 Å². The molecule has 0 radical (unpaired) electrons. The molecule has 3 aromatic carbocycles. The van der Waals surface area contributed by atoms with Gasteiger partial charge in [0.1, 0.15) is 5.75 Å². The lowest BCUT2D eigenvalue weighted by molar-refractivity contribution is -0.137. The lowest BCUT2D eigenvalue weighted by Gasteiger charge is -2.09. The number of halogens is 3. The molecule has 4 aromatic rings. The van der Waals surface area contributed by atoms with E-state index in [1.165, 1.54) is 6.07 Å². The van der Waals surface area contributed by atoms with E-state index in [1.807, 2.05) is 61.7 Å². The second-order valence-electron chi connectivity index (χ2n) is 8.53. The number of hydrogen-bond donors (Lipinski definition) is 1. The molecule has 35 heavy (non-hydrogen) atoms. The molecule has 0 fully saturated rings. The standard InChI is InChI=1S/C28H23F3N2O2/c1-18-7-2-5-10-26(18)35-14-6-13-33-17-19(21-8-3-4-9-25(21)33)15-23-22-12-11-20(28(29,30)31)16-24(22)32-27(23)34/h2-5,7-12,15-17H,6,13-14H2,1H3,(H,32,34)/b23-15+. The van der Waals surface area contributed by atoms with Crippen molar-refractivity contribution in [2.24, 2.45) is 0 Å². The molecule has 1 aliphatic rings. The maximum absolute atomic E-state index is 13.1. The summed E-state index contributed by atoms with van der Waals surface area (Å²) in [5, 5.41) is 3.53. The molecule has 1 aliphatic heterocycles. The van der Waals surface area contributed by atoms with Crippen LogP contribution in [0.5, 0.6) is 5.75 Å². The molecule has 0 atom stereocenters. The zero-order chi connectivity index (χ0) is 24.6. The Morgan fingerprint density at radius 3 is 2.60 bits per heavy atom. The summed E-state index contributed by atoms with van der Waals surface area (Å²) < 4.78 is 47.3. The molecule has 1 aromatic heterocycles. The topological polar surface area (TPSA) is 43.3 Å². The van der Waals surface area contributed by atoms with E-state index in [9.17, 15) is 18.0 Å². The second-order valence-corrected chi connectivity index (χ2v) is 8.53. The summed E-state index contributed by atoms with van der Waals surface area (Å²) in [5.74, 6) is 0.456. The van der Waals surface area contributed by atoms with Gasteiger partial charge in [-0.15, -0.1) is 0 Å². The van der Waals surface area contributed by atoms with Crippen LogP contribution in [-0.2, 0) is 17.5 Å². The van der Waals surface area contributed by atoms with Crippen molar-refractivity contribution >= 4 is 34.1 Å². The largest absolute Gasteiger partial charge is 0.493 e. The van der Waals surface area contributed by atoms with Crippen molar-refractivity contribution in [1.82, 2.24) is 4.57 Å². The summed E-state index contributed by atoms with van der Waals surface area (Å²) in [4.78, 5) is 12.6. The first-order chi connectivity index (χ1) is 16.8. The van der Waals surface area contributed by atoms with Crippen LogP contribution in [0.4, 0.5) is 18.9 Å². The molecule has 5 rings (SSSR count). The van der Waals surface area contributed by atoms with Crippen LogP contribution < -0.4 is 10.1 Å². The van der Waals surface area contributed by atoms with Gasteiger partial charge in [0.2, 0.25) is 0 Å². The molecule has 2 heterocycles. The number of ether oxygens (including phenoxy) is 1. The third-order valence-corrected chi connectivity index (χ3v) is 6.14. The average molecular weight is 476 g/mol. The number of nitrogens with zero attached hydrogens (tertiary/aromatic N) is 1. The first-order valence-corrected chi connectivity index (χ1v) is 11.3. The molecule has 1 amide bonds. The first-order valence-electron chi connectivity index (χ1n) is 11.3. The number of rotatable bonds is 6. The van der Waals surface area contributed by atoms with Gasteiger partial charge in [0, 0.05) is 46.0 Å². The molecule has 178 valence electrons. The van der Waals surface area contributed by atoms with Gasteiger partial charge < -0.3 is 14.6 Å². The summed E-state index contributed by atoms with van der Waals surface area (Å²) in [6.07, 6.45) is 0.0347. The van der Waals surface area contributed by atoms with E-state index in [-0.39, 0.29) is 5.69 Å². The van der Waals surface area contributed by atoms with Crippen LogP contribution in [0.25, 0.3) is 22.6 Å². The van der Waals surface area contributed by atoms with Crippen LogP contribution >= 0.6 is 0 Å². The fourth-order valence-electron chi connectivity index (χ4n) is 4.38. The van der Waals surface area contributed by atoms with E-state index >= 15 is 0 Å². The van der Waals surface area contributed by atoms with Crippen molar-refractivity contribution < 1.29 is 22.7 Å². The number of aromatic nitrogens is 1. The Morgan fingerprint density at radius 1 is 1.03 bits per heavy atom. The van der Waals surface area contributed by atoms with Gasteiger partial charge in [0.25, 0.3) is 5.91 Å². The predicted molar refractivity (Wildman–Crippen MR) is 131 cm³/mol. The molecule has 4 nitrogen and oxygen atoms in total. The van der Waals surface area contributed by atoms with E-state index in [1.54, 1.807) is 6.08 Å². The highest BCUT2D eigenvalue weighted by molar-refractivity contribution is 6.35. The minimum atomic E-state index is -4.47. The molecular weight excluding hydrogens is 453 g/mol. The maximum atomic E-state index is 13.1. The number of amides is 1. The van der Waals surface area contributed by atoms with E-state index in [2.05, 4.69) is 9.88 Å². The van der Waals surface area contributed by atoms with Crippen LogP contribution in [0.2, 0.25) is 0 Å². The van der Waals surface area contributed by atoms with E-state index < -0.39 is 17.6 Å². The quantitative estimate of drug-likeness (QED) is 0.242. The Bertz CT molecular complexity index is 1450. The summed E-state index contributed by atoms with van der Waals surface area (Å²) in [6.45, 7) is 3.29. The number of fused-ring (bicyclic) bond motifs is 2. The van der Waals surface area contributed by atoms with Crippen molar-refractivity contribution in [3.05, 3.63) is 95.2 Å². The highest BCUT2D eigenvalue weighted by Gasteiger charge is 2.33. The lowest BCUT2D eigenvalue weighted by Crippen LogP contribution is -2.06. The Labute approximate surface area is 200 Å². The number of benzene rings is 3. The van der Waals surface area contributed by atoms with Crippen LogP contribution in [0.3, 0.4) is 0 Å². The van der Waals surface area contributed by atoms with Gasteiger partial charge in [0.15, 0.2) is 0 Å². The number of carbonyl (C=O) groups is 1. The fraction of sp³-hybridized carbons (Fsp3) is 0.179. The zero-order valence-corrected chi connectivity index (χ0v) is 19.0. The predicted octanol–water partition coefficient (Wildman–Crippen LogP) is 6.93. The maximum Gasteiger partial charge on any atom is 0.416 e. The Kier molecular flexibility index (Phi) is 5.84. The van der Waals surface area contributed by atoms with Gasteiger partial charge >= 0.3 is 6.18 Å². The Hall–Kier alpha value is -4.00. The van der Waals surface area contributed by atoms with Crippen LogP contribution in [0, 0.1) is 6.92 Å². The van der Waals surface area contributed by atoms with E-state index in [0.29, 0.717) is 24.3 Å². The summed E-state index contributed by atoms with van der Waals surface area (Å²) in [7, 11) is 0. The third-order valence-electron chi connectivity index (χ3n) is 6.14. The summed E-state index contributed by atoms with van der Waals surface area (Å²) in [6, 6.07) is 19.1. The van der Waals surface area contributed by atoms with Gasteiger partial charge in [-0.25, -0.2) is 0 Å². The minimum absolute atomic E-state index is 0.174. The first kappa shape index (κ1) is 22.8. The van der Waals surface area contributed by atoms with Gasteiger partial charge in [0.05, 0.1) is 12.2 Å². The number of hydrogen-bond acceptors (Lipinski definition) is 2. The molecule has 0 spiro atoms. The van der Waals surface area contributed by atoms with E-state index in [4.69, 9.17) is 4.74 Å². The summed E-state index contributed by atoms with van der Waals surface area (Å²) >= 11 is 0. The number of para-hydroxylation sites is 2. The molecule has 0 saturated heterocycles. The monoisotopic (exact) mass is 476 g/mol. The number of anilines is 1. The lowest BCUT2D eigenvalue weighted by atomic mass is 10.0.